The number of benzene rings is 1. The number of hydrogen-bond acceptors (Lipinski definition) is 5. The van der Waals surface area contributed by atoms with Gasteiger partial charge in [-0.15, -0.1) is 0 Å². The zero-order chi connectivity index (χ0) is 23.0. The van der Waals surface area contributed by atoms with E-state index in [0.717, 1.165) is 31.5 Å². The Hall–Kier alpha value is -2.42. The molecule has 2 amide bonds. The van der Waals surface area contributed by atoms with Gasteiger partial charge < -0.3 is 19.7 Å². The van der Waals surface area contributed by atoms with Gasteiger partial charge in [-0.2, -0.15) is 8.78 Å². The van der Waals surface area contributed by atoms with Crippen LogP contribution in [0.5, 0.6) is 5.75 Å². The van der Waals surface area contributed by atoms with E-state index in [-0.39, 0.29) is 30.2 Å². The molecule has 1 atom stereocenters. The van der Waals surface area contributed by atoms with E-state index in [4.69, 9.17) is 4.74 Å². The van der Waals surface area contributed by atoms with Gasteiger partial charge in [-0.3, -0.25) is 9.69 Å². The number of alkyl halides is 2. The molecule has 0 aliphatic carbocycles. The molecule has 0 bridgehead atoms. The second-order valence-corrected chi connectivity index (χ2v) is 8.90. The first kappa shape index (κ1) is 24.8. The first-order chi connectivity index (χ1) is 14.5. The van der Waals surface area contributed by atoms with Gasteiger partial charge in [0.1, 0.15) is 11.4 Å². The molecule has 2 rings (SSSR count). The van der Waals surface area contributed by atoms with Gasteiger partial charge >= 0.3 is 12.7 Å². The summed E-state index contributed by atoms with van der Waals surface area (Å²) in [5, 5.41) is 2.85. The van der Waals surface area contributed by atoms with E-state index in [1.54, 1.807) is 24.1 Å². The number of carbonyl (C=O) groups is 2. The van der Waals surface area contributed by atoms with Crippen molar-refractivity contribution in [2.75, 3.05) is 33.2 Å². The van der Waals surface area contributed by atoms with Crippen LogP contribution < -0.4 is 10.1 Å². The minimum absolute atomic E-state index is 0.0841. The van der Waals surface area contributed by atoms with Gasteiger partial charge in [0.25, 0.3) is 0 Å². The van der Waals surface area contributed by atoms with E-state index >= 15 is 0 Å². The topological polar surface area (TPSA) is 71.1 Å². The zero-order valence-corrected chi connectivity index (χ0v) is 18.7. The van der Waals surface area contributed by atoms with Crippen molar-refractivity contribution in [2.45, 2.75) is 52.4 Å². The Kier molecular flexibility index (Phi) is 9.03. The highest BCUT2D eigenvalue weighted by atomic mass is 19.3. The molecule has 1 unspecified atom stereocenters. The third kappa shape index (κ3) is 9.50. The lowest BCUT2D eigenvalue weighted by Gasteiger charge is -2.34. The SMILES string of the molecule is CN(CC1CCCN(CC(=O)NCc2ccc(OC(F)F)cc2)C1)C(=O)OC(C)(C)C. The monoisotopic (exact) mass is 441 g/mol. The summed E-state index contributed by atoms with van der Waals surface area (Å²) in [5.41, 5.74) is 0.267. The van der Waals surface area contributed by atoms with Gasteiger partial charge in [-0.25, -0.2) is 4.79 Å². The molecule has 9 heteroatoms. The van der Waals surface area contributed by atoms with E-state index in [2.05, 4.69) is 15.0 Å². The molecule has 1 aromatic carbocycles. The van der Waals surface area contributed by atoms with Crippen LogP contribution in [-0.4, -0.2) is 67.2 Å². The summed E-state index contributed by atoms with van der Waals surface area (Å²) in [6, 6.07) is 6.18. The van der Waals surface area contributed by atoms with Crippen LogP contribution in [0.2, 0.25) is 0 Å². The lowest BCUT2D eigenvalue weighted by molar-refractivity contribution is -0.122. The molecule has 1 fully saturated rings. The molecule has 0 saturated carbocycles. The van der Waals surface area contributed by atoms with Crippen LogP contribution in [0.4, 0.5) is 13.6 Å². The lowest BCUT2D eigenvalue weighted by atomic mass is 9.97. The van der Waals surface area contributed by atoms with Gasteiger partial charge in [0.15, 0.2) is 0 Å². The van der Waals surface area contributed by atoms with Crippen molar-refractivity contribution in [3.8, 4) is 5.75 Å². The average molecular weight is 442 g/mol. The number of hydrogen-bond donors (Lipinski definition) is 1. The van der Waals surface area contributed by atoms with Crippen molar-refractivity contribution in [1.82, 2.24) is 15.1 Å². The molecular weight excluding hydrogens is 408 g/mol. The number of likely N-dealkylation sites (tertiary alicyclic amines) is 1. The fourth-order valence-corrected chi connectivity index (χ4v) is 3.49. The summed E-state index contributed by atoms with van der Waals surface area (Å²) in [7, 11) is 1.73. The summed E-state index contributed by atoms with van der Waals surface area (Å²) in [4.78, 5) is 28.2. The molecule has 1 N–H and O–H groups in total. The largest absolute Gasteiger partial charge is 0.444 e. The lowest BCUT2D eigenvalue weighted by Crippen LogP contribution is -2.46. The quantitative estimate of drug-likeness (QED) is 0.669. The minimum Gasteiger partial charge on any atom is -0.444 e. The van der Waals surface area contributed by atoms with E-state index in [1.165, 1.54) is 12.1 Å². The van der Waals surface area contributed by atoms with Crippen LogP contribution in [0.25, 0.3) is 0 Å². The van der Waals surface area contributed by atoms with Gasteiger partial charge in [0.05, 0.1) is 6.54 Å². The van der Waals surface area contributed by atoms with Crippen LogP contribution >= 0.6 is 0 Å². The Morgan fingerprint density at radius 1 is 1.26 bits per heavy atom. The number of halogens is 2. The first-order valence-electron chi connectivity index (χ1n) is 10.5. The van der Waals surface area contributed by atoms with Crippen LogP contribution in [0.15, 0.2) is 24.3 Å². The molecule has 1 aliphatic heterocycles. The van der Waals surface area contributed by atoms with Crippen LogP contribution in [0, 0.1) is 5.92 Å². The van der Waals surface area contributed by atoms with Crippen LogP contribution in [0.1, 0.15) is 39.2 Å². The molecule has 7 nitrogen and oxygen atoms in total. The highest BCUT2D eigenvalue weighted by molar-refractivity contribution is 5.78. The molecule has 0 radical (unpaired) electrons. The summed E-state index contributed by atoms with van der Waals surface area (Å²) in [6.45, 7) is 5.40. The van der Waals surface area contributed by atoms with Crippen molar-refractivity contribution >= 4 is 12.0 Å². The smallest absolute Gasteiger partial charge is 0.410 e. The molecular formula is C22H33F2N3O4. The average Bonchev–Trinajstić information content (AvgIpc) is 2.66. The second-order valence-electron chi connectivity index (χ2n) is 8.90. The van der Waals surface area contributed by atoms with Crippen molar-refractivity contribution in [3.63, 3.8) is 0 Å². The van der Waals surface area contributed by atoms with Gasteiger partial charge in [0, 0.05) is 26.7 Å². The summed E-state index contributed by atoms with van der Waals surface area (Å²) < 4.78 is 34.1. The minimum atomic E-state index is -2.86. The number of nitrogens with one attached hydrogen (secondary N) is 1. The summed E-state index contributed by atoms with van der Waals surface area (Å²) in [6.07, 6.45) is 1.62. The number of ether oxygens (including phenoxy) is 2. The van der Waals surface area contributed by atoms with Gasteiger partial charge in [0.2, 0.25) is 5.91 Å². The maximum Gasteiger partial charge on any atom is 0.410 e. The normalized spacial score (nSPS) is 17.3. The second kappa shape index (κ2) is 11.3. The van der Waals surface area contributed by atoms with Gasteiger partial charge in [-0.05, 0) is 63.8 Å². The number of nitrogens with zero attached hydrogens (tertiary/aromatic N) is 2. The van der Waals surface area contributed by atoms with Crippen molar-refractivity contribution in [1.29, 1.82) is 0 Å². The standard InChI is InChI=1S/C22H33F2N3O4/c1-22(2,3)31-21(29)26(4)13-17-6-5-11-27(14-17)15-19(28)25-12-16-7-9-18(10-8-16)30-20(23)24/h7-10,17,20H,5-6,11-15H2,1-4H3,(H,25,28). The van der Waals surface area contributed by atoms with E-state index in [9.17, 15) is 18.4 Å². The summed E-state index contributed by atoms with van der Waals surface area (Å²) in [5.74, 6) is 0.260. The third-order valence-electron chi connectivity index (χ3n) is 4.85. The number of amides is 2. The predicted octanol–water partition coefficient (Wildman–Crippen LogP) is 3.48. The van der Waals surface area contributed by atoms with Crippen molar-refractivity contribution in [2.24, 2.45) is 5.92 Å². The zero-order valence-electron chi connectivity index (χ0n) is 18.7. The highest BCUT2D eigenvalue weighted by Gasteiger charge is 2.26. The van der Waals surface area contributed by atoms with Crippen molar-refractivity contribution in [3.05, 3.63) is 29.8 Å². The van der Waals surface area contributed by atoms with Gasteiger partial charge in [-0.1, -0.05) is 12.1 Å². The maximum absolute atomic E-state index is 12.3. The Morgan fingerprint density at radius 2 is 1.94 bits per heavy atom. The number of carbonyl (C=O) groups excluding carboxylic acids is 2. The fraction of sp³-hybridized carbons (Fsp3) is 0.636. The molecule has 1 aromatic rings. The molecule has 174 valence electrons. The number of piperidine rings is 1. The Bertz CT molecular complexity index is 722. The first-order valence-corrected chi connectivity index (χ1v) is 10.5. The fourth-order valence-electron chi connectivity index (χ4n) is 3.49. The van der Waals surface area contributed by atoms with Crippen LogP contribution in [-0.2, 0) is 16.1 Å². The summed E-state index contributed by atoms with van der Waals surface area (Å²) >= 11 is 0. The molecule has 0 spiro atoms. The van der Waals surface area contributed by atoms with E-state index in [1.807, 2.05) is 20.8 Å². The number of rotatable bonds is 8. The van der Waals surface area contributed by atoms with Crippen molar-refractivity contribution < 1.29 is 27.8 Å². The predicted molar refractivity (Wildman–Crippen MR) is 113 cm³/mol. The maximum atomic E-state index is 12.3. The van der Waals surface area contributed by atoms with Crippen LogP contribution in [0.3, 0.4) is 0 Å². The molecule has 1 aliphatic rings. The Morgan fingerprint density at radius 3 is 2.55 bits per heavy atom. The Labute approximate surface area is 182 Å². The van der Waals surface area contributed by atoms with E-state index < -0.39 is 12.2 Å². The van der Waals surface area contributed by atoms with E-state index in [0.29, 0.717) is 13.1 Å². The molecule has 31 heavy (non-hydrogen) atoms. The molecule has 1 saturated heterocycles. The Balaban J connectivity index is 1.74. The highest BCUT2D eigenvalue weighted by Crippen LogP contribution is 2.19. The molecule has 1 heterocycles. The third-order valence-corrected chi connectivity index (χ3v) is 4.85. The molecule has 0 aromatic heterocycles.